The van der Waals surface area contributed by atoms with Crippen LogP contribution in [0.2, 0.25) is 5.02 Å². The van der Waals surface area contributed by atoms with Crippen molar-refractivity contribution in [1.29, 1.82) is 0 Å². The van der Waals surface area contributed by atoms with Crippen LogP contribution < -0.4 is 10.5 Å². The highest BCUT2D eigenvalue weighted by Gasteiger charge is 2.08. The number of halogens is 1. The van der Waals surface area contributed by atoms with E-state index in [1.165, 1.54) is 0 Å². The summed E-state index contributed by atoms with van der Waals surface area (Å²) in [5, 5.41) is 1.51. The SMILES string of the molecule is Cc1nc2cc(Oc3cncc(Cl)c3)c(N)cc2s1. The van der Waals surface area contributed by atoms with E-state index in [-0.39, 0.29) is 0 Å². The first kappa shape index (κ1) is 12.2. The lowest BCUT2D eigenvalue weighted by Gasteiger charge is -2.08. The summed E-state index contributed by atoms with van der Waals surface area (Å²) in [7, 11) is 0. The number of anilines is 1. The van der Waals surface area contributed by atoms with Gasteiger partial charge in [0.05, 0.1) is 32.1 Å². The van der Waals surface area contributed by atoms with Crippen LogP contribution >= 0.6 is 22.9 Å². The van der Waals surface area contributed by atoms with Crippen molar-refractivity contribution >= 4 is 38.8 Å². The molecule has 0 saturated heterocycles. The number of nitrogen functional groups attached to an aromatic ring is 1. The van der Waals surface area contributed by atoms with Gasteiger partial charge in [-0.15, -0.1) is 11.3 Å². The fourth-order valence-corrected chi connectivity index (χ4v) is 2.77. The van der Waals surface area contributed by atoms with Gasteiger partial charge in [0.25, 0.3) is 0 Å². The summed E-state index contributed by atoms with van der Waals surface area (Å²) in [6, 6.07) is 5.38. The summed E-state index contributed by atoms with van der Waals surface area (Å²) >= 11 is 7.47. The Bertz CT molecular complexity index is 757. The van der Waals surface area contributed by atoms with E-state index in [4.69, 9.17) is 22.1 Å². The summed E-state index contributed by atoms with van der Waals surface area (Å²) in [6.45, 7) is 1.96. The van der Waals surface area contributed by atoms with E-state index in [2.05, 4.69) is 9.97 Å². The molecule has 0 radical (unpaired) electrons. The molecule has 4 nitrogen and oxygen atoms in total. The van der Waals surface area contributed by atoms with Crippen LogP contribution in [0.5, 0.6) is 11.5 Å². The lowest BCUT2D eigenvalue weighted by atomic mass is 10.3. The van der Waals surface area contributed by atoms with Crippen LogP contribution in [0, 0.1) is 6.92 Å². The average Bonchev–Trinajstić information content (AvgIpc) is 2.69. The van der Waals surface area contributed by atoms with Gasteiger partial charge in [-0.1, -0.05) is 11.6 Å². The van der Waals surface area contributed by atoms with Gasteiger partial charge in [-0.25, -0.2) is 4.98 Å². The molecule has 96 valence electrons. The van der Waals surface area contributed by atoms with E-state index in [9.17, 15) is 0 Å². The smallest absolute Gasteiger partial charge is 0.152 e. The van der Waals surface area contributed by atoms with Gasteiger partial charge in [0.1, 0.15) is 5.75 Å². The quantitative estimate of drug-likeness (QED) is 0.724. The van der Waals surface area contributed by atoms with Crippen LogP contribution in [0.4, 0.5) is 5.69 Å². The number of nitrogens with zero attached hydrogens (tertiary/aromatic N) is 2. The van der Waals surface area contributed by atoms with E-state index in [0.717, 1.165) is 15.2 Å². The largest absolute Gasteiger partial charge is 0.453 e. The molecule has 2 N–H and O–H groups in total. The standard InChI is InChI=1S/C13H10ClN3OS/c1-7-17-11-4-12(10(15)3-13(11)19-7)18-9-2-8(14)5-16-6-9/h2-6H,15H2,1H3. The minimum Gasteiger partial charge on any atom is -0.453 e. The zero-order valence-electron chi connectivity index (χ0n) is 10.1. The molecular formula is C13H10ClN3OS. The topological polar surface area (TPSA) is 61.0 Å². The minimum atomic E-state index is 0.515. The van der Waals surface area contributed by atoms with E-state index in [1.54, 1.807) is 29.8 Å². The number of thiazole rings is 1. The summed E-state index contributed by atoms with van der Waals surface area (Å²) in [5.74, 6) is 1.10. The molecule has 0 aliphatic carbocycles. The lowest BCUT2D eigenvalue weighted by molar-refractivity contribution is 0.483. The summed E-state index contributed by atoms with van der Waals surface area (Å²) in [4.78, 5) is 8.38. The number of nitrogens with two attached hydrogens (primary N) is 1. The summed E-state index contributed by atoms with van der Waals surface area (Å²) in [5.41, 5.74) is 7.42. The second-order valence-electron chi connectivity index (χ2n) is 4.03. The van der Waals surface area contributed by atoms with Crippen LogP contribution in [0.1, 0.15) is 5.01 Å². The van der Waals surface area contributed by atoms with Crippen LogP contribution in [-0.2, 0) is 0 Å². The third-order valence-electron chi connectivity index (χ3n) is 2.53. The molecule has 0 saturated carbocycles. The third-order valence-corrected chi connectivity index (χ3v) is 3.67. The maximum Gasteiger partial charge on any atom is 0.152 e. The fourth-order valence-electron chi connectivity index (χ4n) is 1.75. The minimum absolute atomic E-state index is 0.515. The molecule has 0 fully saturated rings. The Kier molecular flexibility index (Phi) is 3.00. The Morgan fingerprint density at radius 3 is 2.89 bits per heavy atom. The molecule has 0 aliphatic rings. The molecule has 19 heavy (non-hydrogen) atoms. The van der Waals surface area contributed by atoms with Gasteiger partial charge in [-0.2, -0.15) is 0 Å². The zero-order chi connectivity index (χ0) is 13.4. The predicted octanol–water partition coefficient (Wildman–Crippen LogP) is 4.03. The molecular weight excluding hydrogens is 282 g/mol. The number of ether oxygens (including phenoxy) is 1. The van der Waals surface area contributed by atoms with Crippen molar-refractivity contribution in [2.75, 3.05) is 5.73 Å². The molecule has 2 aromatic heterocycles. The molecule has 3 rings (SSSR count). The number of fused-ring (bicyclic) bond motifs is 1. The molecule has 0 amide bonds. The molecule has 3 aromatic rings. The second-order valence-corrected chi connectivity index (χ2v) is 5.70. The monoisotopic (exact) mass is 291 g/mol. The van der Waals surface area contributed by atoms with Crippen LogP contribution in [0.25, 0.3) is 10.2 Å². The maximum absolute atomic E-state index is 5.98. The van der Waals surface area contributed by atoms with Crippen molar-refractivity contribution in [3.8, 4) is 11.5 Å². The molecule has 1 aromatic carbocycles. The van der Waals surface area contributed by atoms with Gasteiger partial charge >= 0.3 is 0 Å². The lowest BCUT2D eigenvalue weighted by Crippen LogP contribution is -1.92. The van der Waals surface area contributed by atoms with Crippen LogP contribution in [-0.4, -0.2) is 9.97 Å². The molecule has 0 unspecified atom stereocenters. The van der Waals surface area contributed by atoms with E-state index < -0.39 is 0 Å². The normalized spacial score (nSPS) is 10.8. The van der Waals surface area contributed by atoms with E-state index >= 15 is 0 Å². The number of benzene rings is 1. The first-order valence-corrected chi connectivity index (χ1v) is 6.76. The molecule has 0 spiro atoms. The van der Waals surface area contributed by atoms with Gasteiger partial charge < -0.3 is 10.5 Å². The Labute approximate surface area is 118 Å². The predicted molar refractivity (Wildman–Crippen MR) is 78.1 cm³/mol. The summed E-state index contributed by atoms with van der Waals surface area (Å²) < 4.78 is 6.75. The van der Waals surface area contributed by atoms with Crippen molar-refractivity contribution in [3.05, 3.63) is 40.6 Å². The van der Waals surface area contributed by atoms with Crippen molar-refractivity contribution in [2.24, 2.45) is 0 Å². The Balaban J connectivity index is 2.02. The van der Waals surface area contributed by atoms with Crippen molar-refractivity contribution in [3.63, 3.8) is 0 Å². The average molecular weight is 292 g/mol. The van der Waals surface area contributed by atoms with E-state index in [1.807, 2.05) is 19.1 Å². The number of aromatic nitrogens is 2. The zero-order valence-corrected chi connectivity index (χ0v) is 11.6. The molecule has 6 heteroatoms. The third kappa shape index (κ3) is 2.47. The number of aryl methyl sites for hydroxylation is 1. The number of rotatable bonds is 2. The highest BCUT2D eigenvalue weighted by Crippen LogP contribution is 2.34. The molecule has 2 heterocycles. The molecule has 0 bridgehead atoms. The highest BCUT2D eigenvalue weighted by molar-refractivity contribution is 7.18. The van der Waals surface area contributed by atoms with Crippen molar-refractivity contribution < 1.29 is 4.74 Å². The fraction of sp³-hybridized carbons (Fsp3) is 0.0769. The van der Waals surface area contributed by atoms with Crippen molar-refractivity contribution in [2.45, 2.75) is 6.92 Å². The number of hydrogen-bond donors (Lipinski definition) is 1. The maximum atomic E-state index is 5.98. The van der Waals surface area contributed by atoms with Gasteiger partial charge in [0, 0.05) is 18.3 Å². The van der Waals surface area contributed by atoms with Gasteiger partial charge in [0.15, 0.2) is 5.75 Å². The first-order valence-electron chi connectivity index (χ1n) is 5.57. The van der Waals surface area contributed by atoms with Gasteiger partial charge in [-0.05, 0) is 13.0 Å². The Morgan fingerprint density at radius 2 is 2.11 bits per heavy atom. The highest BCUT2D eigenvalue weighted by atomic mass is 35.5. The van der Waals surface area contributed by atoms with Crippen molar-refractivity contribution in [1.82, 2.24) is 9.97 Å². The molecule has 0 atom stereocenters. The van der Waals surface area contributed by atoms with Gasteiger partial charge in [0.2, 0.25) is 0 Å². The van der Waals surface area contributed by atoms with Crippen LogP contribution in [0.15, 0.2) is 30.6 Å². The first-order chi connectivity index (χ1) is 9.11. The van der Waals surface area contributed by atoms with Gasteiger partial charge in [-0.3, -0.25) is 4.98 Å². The Morgan fingerprint density at radius 1 is 1.26 bits per heavy atom. The number of pyridine rings is 1. The second kappa shape index (κ2) is 4.68. The van der Waals surface area contributed by atoms with E-state index in [0.29, 0.717) is 22.2 Å². The summed E-state index contributed by atoms with van der Waals surface area (Å²) in [6.07, 6.45) is 3.13. The molecule has 0 aliphatic heterocycles. The van der Waals surface area contributed by atoms with Crippen LogP contribution in [0.3, 0.4) is 0 Å². The Hall–Kier alpha value is -1.85. The number of hydrogen-bond acceptors (Lipinski definition) is 5.